The molecule has 0 spiro atoms. The molecule has 0 aliphatic rings. The number of benzene rings is 1. The zero-order valence-corrected chi connectivity index (χ0v) is 12.3. The van der Waals surface area contributed by atoms with Gasteiger partial charge in [0.15, 0.2) is 0 Å². The van der Waals surface area contributed by atoms with Crippen molar-refractivity contribution in [3.8, 4) is 0 Å². The summed E-state index contributed by atoms with van der Waals surface area (Å²) >= 11 is 5.71. The molecule has 0 bridgehead atoms. The molecular formula is C12H14ClNO5S. The van der Waals surface area contributed by atoms with Gasteiger partial charge in [0.2, 0.25) is 5.91 Å². The van der Waals surface area contributed by atoms with Crippen molar-refractivity contribution in [2.75, 3.05) is 26.0 Å². The number of carbonyl (C=O) groups is 2. The highest BCUT2D eigenvalue weighted by Crippen LogP contribution is 2.19. The summed E-state index contributed by atoms with van der Waals surface area (Å²) < 4.78 is 16.7. The van der Waals surface area contributed by atoms with Gasteiger partial charge in [-0.25, -0.2) is 4.79 Å². The van der Waals surface area contributed by atoms with E-state index in [-0.39, 0.29) is 21.2 Å². The summed E-state index contributed by atoms with van der Waals surface area (Å²) in [4.78, 5) is 22.6. The fraction of sp³-hybridized carbons (Fsp3) is 0.333. The first-order valence-corrected chi connectivity index (χ1v) is 7.32. The molecule has 6 nitrogen and oxygen atoms in total. The van der Waals surface area contributed by atoms with E-state index in [9.17, 15) is 13.8 Å². The Labute approximate surface area is 123 Å². The number of rotatable bonds is 7. The van der Waals surface area contributed by atoms with Gasteiger partial charge in [-0.2, -0.15) is 0 Å². The number of carbonyl (C=O) groups excluding carboxylic acids is 1. The van der Waals surface area contributed by atoms with E-state index in [1.165, 1.54) is 25.3 Å². The number of amides is 1. The van der Waals surface area contributed by atoms with Crippen molar-refractivity contribution in [1.29, 1.82) is 0 Å². The van der Waals surface area contributed by atoms with Gasteiger partial charge in [-0.05, 0) is 18.2 Å². The zero-order valence-electron chi connectivity index (χ0n) is 10.7. The molecule has 0 aliphatic heterocycles. The third kappa shape index (κ3) is 4.92. The molecule has 0 radical (unpaired) electrons. The summed E-state index contributed by atoms with van der Waals surface area (Å²) in [5, 5.41) is 11.5. The van der Waals surface area contributed by atoms with Crippen LogP contribution in [0.5, 0.6) is 0 Å². The van der Waals surface area contributed by atoms with Crippen LogP contribution in [-0.2, 0) is 20.3 Å². The lowest BCUT2D eigenvalue weighted by Gasteiger charge is -2.06. The van der Waals surface area contributed by atoms with Crippen LogP contribution in [0.3, 0.4) is 0 Å². The molecule has 1 amide bonds. The van der Waals surface area contributed by atoms with Gasteiger partial charge in [0.1, 0.15) is 5.75 Å². The number of aromatic carboxylic acids is 1. The molecule has 1 aromatic carbocycles. The Kier molecular flexibility index (Phi) is 6.63. The minimum absolute atomic E-state index is 0.0581. The smallest absolute Gasteiger partial charge is 0.337 e. The van der Waals surface area contributed by atoms with Crippen LogP contribution < -0.4 is 5.32 Å². The predicted molar refractivity (Wildman–Crippen MR) is 74.6 cm³/mol. The Morgan fingerprint density at radius 1 is 1.45 bits per heavy atom. The predicted octanol–water partition coefficient (Wildman–Crippen LogP) is 0.908. The Bertz CT molecular complexity index is 535. The second-order valence-corrected chi connectivity index (χ2v) is 5.64. The minimum atomic E-state index is -1.63. The van der Waals surface area contributed by atoms with E-state index in [1.54, 1.807) is 0 Å². The fourth-order valence-corrected chi connectivity index (χ4v) is 2.53. The highest BCUT2D eigenvalue weighted by molar-refractivity contribution is 7.85. The fourth-order valence-electron chi connectivity index (χ4n) is 1.36. The van der Waals surface area contributed by atoms with Crippen LogP contribution in [-0.4, -0.2) is 47.2 Å². The third-order valence-electron chi connectivity index (χ3n) is 2.32. The topological polar surface area (TPSA) is 92.7 Å². The van der Waals surface area contributed by atoms with Crippen LogP contribution in [0.4, 0.5) is 0 Å². The van der Waals surface area contributed by atoms with E-state index in [4.69, 9.17) is 21.4 Å². The second kappa shape index (κ2) is 7.98. The number of hydrogen-bond acceptors (Lipinski definition) is 4. The van der Waals surface area contributed by atoms with E-state index >= 15 is 0 Å². The molecule has 1 aromatic rings. The molecule has 2 N–H and O–H groups in total. The lowest BCUT2D eigenvalue weighted by atomic mass is 10.2. The summed E-state index contributed by atoms with van der Waals surface area (Å²) in [5.74, 6) is -1.85. The SMILES string of the molecule is COCCNC(=O)CS(=O)c1ccc(Cl)c(C(=O)O)c1. The average molecular weight is 320 g/mol. The Hall–Kier alpha value is -1.44. The number of methoxy groups -OCH3 is 1. The maximum atomic E-state index is 12.0. The Morgan fingerprint density at radius 3 is 2.75 bits per heavy atom. The Morgan fingerprint density at radius 2 is 2.15 bits per heavy atom. The lowest BCUT2D eigenvalue weighted by Crippen LogP contribution is -2.31. The van der Waals surface area contributed by atoms with Gasteiger partial charge < -0.3 is 15.2 Å². The van der Waals surface area contributed by atoms with Gasteiger partial charge in [-0.3, -0.25) is 9.00 Å². The molecule has 8 heteroatoms. The largest absolute Gasteiger partial charge is 0.478 e. The average Bonchev–Trinajstić information content (AvgIpc) is 2.39. The Balaban J connectivity index is 2.70. The van der Waals surface area contributed by atoms with Crippen molar-refractivity contribution < 1.29 is 23.6 Å². The standard InChI is InChI=1S/C12H14ClNO5S/c1-19-5-4-14-11(15)7-20(18)8-2-3-10(13)9(6-8)12(16)17/h2-3,6H,4-5,7H2,1H3,(H,14,15)(H,16,17). The molecule has 0 saturated carbocycles. The lowest BCUT2D eigenvalue weighted by molar-refractivity contribution is -0.118. The van der Waals surface area contributed by atoms with E-state index in [0.717, 1.165) is 0 Å². The molecule has 0 fully saturated rings. The van der Waals surface area contributed by atoms with Crippen LogP contribution >= 0.6 is 11.6 Å². The molecule has 0 saturated heterocycles. The van der Waals surface area contributed by atoms with Crippen LogP contribution in [0.25, 0.3) is 0 Å². The molecular weight excluding hydrogens is 306 g/mol. The molecule has 1 unspecified atom stereocenters. The van der Waals surface area contributed by atoms with E-state index in [1.807, 2.05) is 0 Å². The molecule has 1 atom stereocenters. The summed E-state index contributed by atoms with van der Waals surface area (Å²) in [6.45, 7) is 0.690. The number of hydrogen-bond donors (Lipinski definition) is 2. The van der Waals surface area contributed by atoms with Gasteiger partial charge in [0.25, 0.3) is 0 Å². The van der Waals surface area contributed by atoms with E-state index in [0.29, 0.717) is 13.2 Å². The van der Waals surface area contributed by atoms with Crippen LogP contribution in [0.1, 0.15) is 10.4 Å². The van der Waals surface area contributed by atoms with Crippen molar-refractivity contribution in [3.63, 3.8) is 0 Å². The van der Waals surface area contributed by atoms with Crippen LogP contribution in [0, 0.1) is 0 Å². The maximum absolute atomic E-state index is 12.0. The quantitative estimate of drug-likeness (QED) is 0.729. The molecule has 20 heavy (non-hydrogen) atoms. The van der Waals surface area contributed by atoms with Crippen molar-refractivity contribution in [1.82, 2.24) is 5.32 Å². The van der Waals surface area contributed by atoms with Crippen molar-refractivity contribution in [2.24, 2.45) is 0 Å². The number of carboxylic acid groups (broad SMARTS) is 1. The van der Waals surface area contributed by atoms with Crippen LogP contribution in [0.15, 0.2) is 23.1 Å². The molecule has 110 valence electrons. The number of nitrogens with one attached hydrogen (secondary N) is 1. The first-order valence-electron chi connectivity index (χ1n) is 5.62. The first kappa shape index (κ1) is 16.6. The molecule has 0 aliphatic carbocycles. The van der Waals surface area contributed by atoms with Gasteiger partial charge in [0, 0.05) is 18.6 Å². The van der Waals surface area contributed by atoms with E-state index in [2.05, 4.69) is 5.32 Å². The van der Waals surface area contributed by atoms with Crippen LogP contribution in [0.2, 0.25) is 5.02 Å². The second-order valence-electron chi connectivity index (χ2n) is 3.78. The first-order chi connectivity index (χ1) is 9.45. The molecule has 1 rings (SSSR count). The molecule has 0 heterocycles. The van der Waals surface area contributed by atoms with Gasteiger partial charge >= 0.3 is 5.97 Å². The number of halogens is 1. The maximum Gasteiger partial charge on any atom is 0.337 e. The zero-order chi connectivity index (χ0) is 15.1. The summed E-state index contributed by atoms with van der Waals surface area (Å²) in [7, 11) is -0.123. The summed E-state index contributed by atoms with van der Waals surface area (Å²) in [5.41, 5.74) is -0.141. The third-order valence-corrected chi connectivity index (χ3v) is 3.96. The van der Waals surface area contributed by atoms with Crippen molar-refractivity contribution in [2.45, 2.75) is 4.90 Å². The number of ether oxygens (including phenoxy) is 1. The summed E-state index contributed by atoms with van der Waals surface area (Å²) in [6, 6.07) is 4.00. The minimum Gasteiger partial charge on any atom is -0.478 e. The van der Waals surface area contributed by atoms with Crippen molar-refractivity contribution >= 4 is 34.3 Å². The van der Waals surface area contributed by atoms with Crippen molar-refractivity contribution in [3.05, 3.63) is 28.8 Å². The normalized spacial score (nSPS) is 11.9. The highest BCUT2D eigenvalue weighted by atomic mass is 35.5. The number of carboxylic acids is 1. The highest BCUT2D eigenvalue weighted by Gasteiger charge is 2.14. The monoisotopic (exact) mass is 319 g/mol. The van der Waals surface area contributed by atoms with Gasteiger partial charge in [-0.1, -0.05) is 11.6 Å². The summed E-state index contributed by atoms with van der Waals surface area (Å²) in [6.07, 6.45) is 0. The van der Waals surface area contributed by atoms with Gasteiger partial charge in [0.05, 0.1) is 28.0 Å². The molecule has 0 aromatic heterocycles. The van der Waals surface area contributed by atoms with Gasteiger partial charge in [-0.15, -0.1) is 0 Å². The van der Waals surface area contributed by atoms with E-state index < -0.39 is 22.7 Å².